The van der Waals surface area contributed by atoms with E-state index >= 15 is 0 Å². The first-order chi connectivity index (χ1) is 9.88. The highest BCUT2D eigenvalue weighted by atomic mass is 32.1. The molecule has 21 heavy (non-hydrogen) atoms. The minimum Gasteiger partial charge on any atom is -0.382 e. The molecule has 0 saturated heterocycles. The second kappa shape index (κ2) is 6.26. The zero-order chi connectivity index (χ0) is 15.6. The average molecular weight is 303 g/mol. The molecule has 0 aliphatic rings. The number of nitrogen functional groups attached to an aromatic ring is 1. The van der Waals surface area contributed by atoms with Gasteiger partial charge in [-0.2, -0.15) is 0 Å². The van der Waals surface area contributed by atoms with Crippen molar-refractivity contribution < 1.29 is 4.79 Å². The van der Waals surface area contributed by atoms with E-state index in [9.17, 15) is 4.79 Å². The molecule has 1 aromatic heterocycles. The molecule has 4 nitrogen and oxygen atoms in total. The number of nitrogens with two attached hydrogens (primary N) is 1. The van der Waals surface area contributed by atoms with Gasteiger partial charge in [-0.25, -0.2) is 4.98 Å². The number of Topliss-reactive ketones (excluding diaryl/α,β-unsaturated/α-hetero) is 1. The molecule has 2 aromatic rings. The molecule has 0 spiro atoms. The van der Waals surface area contributed by atoms with Crippen molar-refractivity contribution in [2.24, 2.45) is 5.92 Å². The Hall–Kier alpha value is -1.88. The summed E-state index contributed by atoms with van der Waals surface area (Å²) in [7, 11) is 0. The van der Waals surface area contributed by atoms with Crippen molar-refractivity contribution in [3.05, 3.63) is 34.7 Å². The third-order valence-electron chi connectivity index (χ3n) is 3.23. The molecule has 0 bridgehead atoms. The Kier molecular flexibility index (Phi) is 4.63. The number of hydrogen-bond acceptors (Lipinski definition) is 5. The van der Waals surface area contributed by atoms with Crippen LogP contribution in [0.5, 0.6) is 0 Å². The number of benzene rings is 1. The Morgan fingerprint density at radius 3 is 2.33 bits per heavy atom. The number of rotatable bonds is 5. The lowest BCUT2D eigenvalue weighted by Gasteiger charge is -2.07. The summed E-state index contributed by atoms with van der Waals surface area (Å²) in [5, 5.41) is 3.85. The van der Waals surface area contributed by atoms with Gasteiger partial charge in [0.25, 0.3) is 0 Å². The molecule has 112 valence electrons. The predicted molar refractivity (Wildman–Crippen MR) is 89.5 cm³/mol. The highest BCUT2D eigenvalue weighted by molar-refractivity contribution is 7.18. The summed E-state index contributed by atoms with van der Waals surface area (Å²) < 4.78 is 0. The molecule has 0 aliphatic heterocycles. The molecule has 3 N–H and O–H groups in total. The number of anilines is 3. The van der Waals surface area contributed by atoms with E-state index in [-0.39, 0.29) is 11.7 Å². The largest absolute Gasteiger partial charge is 0.382 e. The van der Waals surface area contributed by atoms with Gasteiger partial charge in [0.15, 0.2) is 10.9 Å². The first kappa shape index (κ1) is 15.5. The number of thiazole rings is 1. The van der Waals surface area contributed by atoms with Crippen LogP contribution in [0.4, 0.5) is 16.6 Å². The van der Waals surface area contributed by atoms with Crippen LogP contribution in [0.2, 0.25) is 0 Å². The van der Waals surface area contributed by atoms with E-state index in [0.717, 1.165) is 5.69 Å². The number of nitrogens with one attached hydrogen (secondary N) is 1. The topological polar surface area (TPSA) is 68.0 Å². The third kappa shape index (κ3) is 3.61. The van der Waals surface area contributed by atoms with Crippen LogP contribution in [-0.4, -0.2) is 10.8 Å². The molecule has 1 aromatic carbocycles. The van der Waals surface area contributed by atoms with Crippen LogP contribution < -0.4 is 11.1 Å². The van der Waals surface area contributed by atoms with E-state index in [1.54, 1.807) is 0 Å². The smallest absolute Gasteiger partial charge is 0.189 e. The molecular weight excluding hydrogens is 282 g/mol. The van der Waals surface area contributed by atoms with Crippen LogP contribution in [0.25, 0.3) is 0 Å². The minimum atomic E-state index is -0.0778. The lowest BCUT2D eigenvalue weighted by Crippen LogP contribution is -2.07. The van der Waals surface area contributed by atoms with Gasteiger partial charge in [0.1, 0.15) is 10.7 Å². The highest BCUT2D eigenvalue weighted by Crippen LogP contribution is 2.30. The second-order valence-corrected chi connectivity index (χ2v) is 6.65. The van der Waals surface area contributed by atoms with E-state index in [0.29, 0.717) is 21.7 Å². The van der Waals surface area contributed by atoms with E-state index in [4.69, 9.17) is 5.73 Å². The Bertz CT molecular complexity index is 629. The summed E-state index contributed by atoms with van der Waals surface area (Å²) in [4.78, 5) is 16.8. The van der Waals surface area contributed by atoms with Crippen LogP contribution in [0, 0.1) is 5.92 Å². The van der Waals surface area contributed by atoms with E-state index in [2.05, 4.69) is 36.3 Å². The predicted octanol–water partition coefficient (Wildman–Crippen LogP) is 4.43. The highest BCUT2D eigenvalue weighted by Gasteiger charge is 2.18. The fourth-order valence-corrected chi connectivity index (χ4v) is 2.89. The summed E-state index contributed by atoms with van der Waals surface area (Å²) >= 11 is 1.30. The van der Waals surface area contributed by atoms with E-state index < -0.39 is 0 Å². The van der Waals surface area contributed by atoms with Crippen LogP contribution in [0.1, 0.15) is 48.8 Å². The van der Waals surface area contributed by atoms with Crippen molar-refractivity contribution in [1.82, 2.24) is 4.98 Å². The number of carbonyl (C=O) groups is 1. The molecule has 5 heteroatoms. The lowest BCUT2D eigenvalue weighted by molar-refractivity contribution is 0.0944. The minimum absolute atomic E-state index is 0.0354. The monoisotopic (exact) mass is 303 g/mol. The molecule has 0 amide bonds. The van der Waals surface area contributed by atoms with Gasteiger partial charge in [0, 0.05) is 11.6 Å². The zero-order valence-electron chi connectivity index (χ0n) is 12.8. The Morgan fingerprint density at radius 1 is 1.19 bits per heavy atom. The third-order valence-corrected chi connectivity index (χ3v) is 4.23. The van der Waals surface area contributed by atoms with Gasteiger partial charge < -0.3 is 11.1 Å². The fourth-order valence-electron chi connectivity index (χ4n) is 1.90. The maximum absolute atomic E-state index is 12.0. The van der Waals surface area contributed by atoms with Gasteiger partial charge in [-0.15, -0.1) is 0 Å². The molecule has 0 radical (unpaired) electrons. The summed E-state index contributed by atoms with van der Waals surface area (Å²) in [5.41, 5.74) is 8.06. The first-order valence-electron chi connectivity index (χ1n) is 7.06. The van der Waals surface area contributed by atoms with Gasteiger partial charge in [-0.3, -0.25) is 4.79 Å². The molecular formula is C16H21N3OS. The summed E-state index contributed by atoms with van der Waals surface area (Å²) in [6, 6.07) is 8.20. The van der Waals surface area contributed by atoms with Crippen LogP contribution >= 0.6 is 11.3 Å². The molecule has 2 rings (SSSR count). The van der Waals surface area contributed by atoms with Crippen molar-refractivity contribution >= 4 is 33.8 Å². The molecule has 0 saturated carbocycles. The molecule has 0 aliphatic carbocycles. The van der Waals surface area contributed by atoms with Gasteiger partial charge in [-0.1, -0.05) is 51.2 Å². The number of aromatic nitrogens is 1. The Labute approximate surface area is 129 Å². The summed E-state index contributed by atoms with van der Waals surface area (Å²) in [6.07, 6.45) is 0. The first-order valence-corrected chi connectivity index (χ1v) is 7.87. The van der Waals surface area contributed by atoms with Gasteiger partial charge in [0.2, 0.25) is 0 Å². The van der Waals surface area contributed by atoms with Gasteiger partial charge in [-0.05, 0) is 23.6 Å². The van der Waals surface area contributed by atoms with Crippen LogP contribution in [0.3, 0.4) is 0 Å². The number of nitrogens with zero attached hydrogens (tertiary/aromatic N) is 1. The molecule has 1 heterocycles. The Morgan fingerprint density at radius 2 is 1.81 bits per heavy atom. The molecule has 0 fully saturated rings. The normalized spacial score (nSPS) is 11.1. The number of carbonyl (C=O) groups excluding carboxylic acids is 1. The van der Waals surface area contributed by atoms with E-state index in [1.165, 1.54) is 16.9 Å². The second-order valence-electron chi connectivity index (χ2n) is 5.65. The van der Waals surface area contributed by atoms with Crippen molar-refractivity contribution in [3.8, 4) is 0 Å². The fraction of sp³-hybridized carbons (Fsp3) is 0.375. The molecule has 0 atom stereocenters. The van der Waals surface area contributed by atoms with Crippen LogP contribution in [-0.2, 0) is 0 Å². The summed E-state index contributed by atoms with van der Waals surface area (Å²) in [5.74, 6) is 0.768. The lowest BCUT2D eigenvalue weighted by atomic mass is 10.0. The average Bonchev–Trinajstić information content (AvgIpc) is 2.79. The quantitative estimate of drug-likeness (QED) is 0.802. The maximum Gasteiger partial charge on any atom is 0.189 e. The van der Waals surface area contributed by atoms with Gasteiger partial charge >= 0.3 is 0 Å². The van der Waals surface area contributed by atoms with Crippen molar-refractivity contribution in [2.75, 3.05) is 11.1 Å². The SMILES string of the molecule is CC(C)C(=O)c1sc(Nc2ccc(C(C)C)cc2)nc1N. The van der Waals surface area contributed by atoms with Crippen molar-refractivity contribution in [1.29, 1.82) is 0 Å². The Balaban J connectivity index is 2.17. The number of ketones is 1. The standard InChI is InChI=1S/C16H21N3OS/c1-9(2)11-5-7-12(8-6-11)18-16-19-15(17)14(21-16)13(20)10(3)4/h5-10H,17H2,1-4H3,(H,18,19). The number of hydrogen-bond donors (Lipinski definition) is 2. The van der Waals surface area contributed by atoms with Gasteiger partial charge in [0.05, 0.1) is 0 Å². The van der Waals surface area contributed by atoms with Crippen molar-refractivity contribution in [2.45, 2.75) is 33.6 Å². The maximum atomic E-state index is 12.0. The summed E-state index contributed by atoms with van der Waals surface area (Å²) in [6.45, 7) is 8.04. The molecule has 0 unspecified atom stereocenters. The van der Waals surface area contributed by atoms with E-state index in [1.807, 2.05) is 26.0 Å². The zero-order valence-corrected chi connectivity index (χ0v) is 13.6. The van der Waals surface area contributed by atoms with Crippen molar-refractivity contribution in [3.63, 3.8) is 0 Å². The van der Waals surface area contributed by atoms with Crippen LogP contribution in [0.15, 0.2) is 24.3 Å².